The first-order valence-electron chi connectivity index (χ1n) is 6.61. The third-order valence-corrected chi connectivity index (χ3v) is 3.44. The Morgan fingerprint density at radius 1 is 1.39 bits per heavy atom. The summed E-state index contributed by atoms with van der Waals surface area (Å²) in [5.41, 5.74) is 0.832. The molecule has 0 saturated carbocycles. The van der Waals surface area contributed by atoms with E-state index in [-0.39, 0.29) is 0 Å². The average Bonchev–Trinajstić information content (AvgIpc) is 2.42. The zero-order valence-electron chi connectivity index (χ0n) is 10.6. The molecule has 2 heterocycles. The monoisotopic (exact) mass is 269 g/mol. The van der Waals surface area contributed by atoms with Crippen LogP contribution < -0.4 is 5.32 Å². The Morgan fingerprint density at radius 2 is 2.33 bits per heavy atom. The Bertz CT molecular complexity index is 339. The van der Waals surface area contributed by atoms with E-state index in [1.165, 1.54) is 32.4 Å². The average molecular weight is 270 g/mol. The van der Waals surface area contributed by atoms with Gasteiger partial charge in [0.1, 0.15) is 0 Å². The van der Waals surface area contributed by atoms with Crippen LogP contribution in [-0.2, 0) is 11.3 Å². The number of halogens is 1. The van der Waals surface area contributed by atoms with Crippen LogP contribution in [0.1, 0.15) is 31.4 Å². The molecule has 0 amide bonds. The van der Waals surface area contributed by atoms with Crippen LogP contribution in [0.3, 0.4) is 0 Å². The highest BCUT2D eigenvalue weighted by Gasteiger charge is 2.11. The fourth-order valence-corrected chi connectivity index (χ4v) is 2.34. The highest BCUT2D eigenvalue weighted by Crippen LogP contribution is 2.15. The molecule has 1 aromatic rings. The molecule has 1 unspecified atom stereocenters. The Kier molecular flexibility index (Phi) is 5.84. The number of nitrogens with zero attached hydrogens (tertiary/aromatic N) is 2. The molecule has 1 N–H and O–H groups in total. The number of nitrogens with one attached hydrogen (secondary N) is 1. The first-order chi connectivity index (χ1) is 8.84. The van der Waals surface area contributed by atoms with E-state index in [9.17, 15) is 0 Å². The number of ether oxygens (including phenoxy) is 1. The van der Waals surface area contributed by atoms with E-state index in [1.807, 2.05) is 6.07 Å². The van der Waals surface area contributed by atoms with Gasteiger partial charge < -0.3 is 10.1 Å². The van der Waals surface area contributed by atoms with Crippen molar-refractivity contribution in [2.45, 2.75) is 32.3 Å². The van der Waals surface area contributed by atoms with Crippen molar-refractivity contribution in [2.24, 2.45) is 5.92 Å². The number of hydrogen-bond acceptors (Lipinski definition) is 4. The number of hydrogen-bond donors (Lipinski definition) is 1. The van der Waals surface area contributed by atoms with E-state index in [0.717, 1.165) is 24.6 Å². The molecule has 18 heavy (non-hydrogen) atoms. The van der Waals surface area contributed by atoms with Crippen molar-refractivity contribution in [2.75, 3.05) is 19.7 Å². The Labute approximate surface area is 113 Å². The van der Waals surface area contributed by atoms with Crippen molar-refractivity contribution in [1.29, 1.82) is 0 Å². The minimum absolute atomic E-state index is 0.420. The van der Waals surface area contributed by atoms with Crippen LogP contribution in [0.25, 0.3) is 0 Å². The molecule has 0 spiro atoms. The summed E-state index contributed by atoms with van der Waals surface area (Å²) in [4.78, 5) is 0. The Balaban J connectivity index is 1.54. The third-order valence-electron chi connectivity index (χ3n) is 3.24. The lowest BCUT2D eigenvalue weighted by Gasteiger charge is -2.22. The lowest BCUT2D eigenvalue weighted by molar-refractivity contribution is 0.109. The second-order valence-electron chi connectivity index (χ2n) is 4.75. The Hall–Kier alpha value is -0.710. The molecule has 5 heteroatoms. The molecular formula is C13H20ClN3O. The predicted molar refractivity (Wildman–Crippen MR) is 71.5 cm³/mol. The molecule has 1 atom stereocenters. The van der Waals surface area contributed by atoms with Crippen LogP contribution in [0.5, 0.6) is 0 Å². The van der Waals surface area contributed by atoms with E-state index in [4.69, 9.17) is 16.3 Å². The zero-order chi connectivity index (χ0) is 12.6. The van der Waals surface area contributed by atoms with Crippen LogP contribution >= 0.6 is 11.6 Å². The summed E-state index contributed by atoms with van der Waals surface area (Å²) < 4.78 is 5.58. The quantitative estimate of drug-likeness (QED) is 0.806. The predicted octanol–water partition coefficient (Wildman–Crippen LogP) is 2.43. The molecule has 100 valence electrons. The number of aromatic nitrogens is 2. The highest BCUT2D eigenvalue weighted by atomic mass is 35.5. The fourth-order valence-electron chi connectivity index (χ4n) is 2.24. The van der Waals surface area contributed by atoms with Gasteiger partial charge in [-0.05, 0) is 56.8 Å². The maximum atomic E-state index is 5.66. The van der Waals surface area contributed by atoms with Crippen molar-refractivity contribution in [1.82, 2.24) is 15.5 Å². The molecule has 0 radical (unpaired) electrons. The van der Waals surface area contributed by atoms with Crippen LogP contribution in [0.4, 0.5) is 0 Å². The second kappa shape index (κ2) is 7.67. The topological polar surface area (TPSA) is 47.0 Å². The normalized spacial score (nSPS) is 19.9. The summed E-state index contributed by atoms with van der Waals surface area (Å²) >= 11 is 5.66. The SMILES string of the molecule is Clc1ccc(COCCCC2CCCNC2)nn1. The molecule has 1 aliphatic rings. The number of piperidine rings is 1. The van der Waals surface area contributed by atoms with Gasteiger partial charge in [-0.15, -0.1) is 5.10 Å². The molecule has 1 saturated heterocycles. The van der Waals surface area contributed by atoms with Gasteiger partial charge in [-0.2, -0.15) is 5.10 Å². The summed E-state index contributed by atoms with van der Waals surface area (Å²) in [5, 5.41) is 11.6. The molecule has 1 aliphatic heterocycles. The maximum absolute atomic E-state index is 5.66. The summed E-state index contributed by atoms with van der Waals surface area (Å²) in [6.07, 6.45) is 5.04. The van der Waals surface area contributed by atoms with Gasteiger partial charge in [0.2, 0.25) is 0 Å². The van der Waals surface area contributed by atoms with Crippen molar-refractivity contribution >= 4 is 11.6 Å². The lowest BCUT2D eigenvalue weighted by atomic mass is 9.95. The Morgan fingerprint density at radius 3 is 3.06 bits per heavy atom. The molecule has 0 aromatic carbocycles. The minimum Gasteiger partial charge on any atom is -0.375 e. The van der Waals surface area contributed by atoms with Gasteiger partial charge in [-0.25, -0.2) is 0 Å². The standard InChI is InChI=1S/C13H20ClN3O/c14-13-6-5-12(16-17-13)10-18-8-2-4-11-3-1-7-15-9-11/h5-6,11,15H,1-4,7-10H2. The highest BCUT2D eigenvalue weighted by molar-refractivity contribution is 6.29. The first kappa shape index (κ1) is 13.7. The van der Waals surface area contributed by atoms with Gasteiger partial charge in [0.05, 0.1) is 12.3 Å². The van der Waals surface area contributed by atoms with Gasteiger partial charge >= 0.3 is 0 Å². The van der Waals surface area contributed by atoms with Gasteiger partial charge in [-0.1, -0.05) is 11.6 Å². The van der Waals surface area contributed by atoms with Crippen LogP contribution in [0.15, 0.2) is 12.1 Å². The zero-order valence-corrected chi connectivity index (χ0v) is 11.3. The van der Waals surface area contributed by atoms with E-state index >= 15 is 0 Å². The molecular weight excluding hydrogens is 250 g/mol. The van der Waals surface area contributed by atoms with E-state index in [0.29, 0.717) is 11.8 Å². The lowest BCUT2D eigenvalue weighted by Crippen LogP contribution is -2.29. The smallest absolute Gasteiger partial charge is 0.151 e. The van der Waals surface area contributed by atoms with Gasteiger partial charge in [0.25, 0.3) is 0 Å². The van der Waals surface area contributed by atoms with Crippen molar-refractivity contribution in [3.63, 3.8) is 0 Å². The van der Waals surface area contributed by atoms with Crippen molar-refractivity contribution in [3.05, 3.63) is 23.0 Å². The molecule has 4 nitrogen and oxygen atoms in total. The molecule has 2 rings (SSSR count). The summed E-state index contributed by atoms with van der Waals surface area (Å²) in [6, 6.07) is 3.58. The van der Waals surface area contributed by atoms with Gasteiger partial charge in [0.15, 0.2) is 5.15 Å². The van der Waals surface area contributed by atoms with Crippen LogP contribution in [-0.4, -0.2) is 29.9 Å². The number of rotatable bonds is 6. The van der Waals surface area contributed by atoms with Crippen LogP contribution in [0, 0.1) is 5.92 Å². The molecule has 0 bridgehead atoms. The maximum Gasteiger partial charge on any atom is 0.151 e. The van der Waals surface area contributed by atoms with Crippen LogP contribution in [0.2, 0.25) is 5.15 Å². The summed E-state index contributed by atoms with van der Waals surface area (Å²) in [6.45, 7) is 3.67. The molecule has 0 aliphatic carbocycles. The third kappa shape index (κ3) is 4.88. The first-order valence-corrected chi connectivity index (χ1v) is 6.99. The molecule has 1 aromatic heterocycles. The summed E-state index contributed by atoms with van der Waals surface area (Å²) in [5.74, 6) is 0.831. The van der Waals surface area contributed by atoms with E-state index in [2.05, 4.69) is 15.5 Å². The fraction of sp³-hybridized carbons (Fsp3) is 0.692. The van der Waals surface area contributed by atoms with Gasteiger partial charge in [-0.3, -0.25) is 0 Å². The van der Waals surface area contributed by atoms with Crippen molar-refractivity contribution in [3.8, 4) is 0 Å². The second-order valence-corrected chi connectivity index (χ2v) is 5.14. The van der Waals surface area contributed by atoms with Crippen molar-refractivity contribution < 1.29 is 4.74 Å². The molecule has 1 fully saturated rings. The van der Waals surface area contributed by atoms with Gasteiger partial charge in [0, 0.05) is 6.61 Å². The van der Waals surface area contributed by atoms with E-state index in [1.54, 1.807) is 6.07 Å². The summed E-state index contributed by atoms with van der Waals surface area (Å²) in [7, 11) is 0. The largest absolute Gasteiger partial charge is 0.375 e. The van der Waals surface area contributed by atoms with E-state index < -0.39 is 0 Å². The minimum atomic E-state index is 0.420.